The van der Waals surface area contributed by atoms with E-state index in [1.807, 2.05) is 46.3 Å². The molecule has 31 heavy (non-hydrogen) atoms. The third-order valence-electron chi connectivity index (χ3n) is 5.65. The Morgan fingerprint density at radius 3 is 2.58 bits per heavy atom. The lowest BCUT2D eigenvalue weighted by Crippen LogP contribution is -2.18. The highest BCUT2D eigenvalue weighted by Crippen LogP contribution is 2.32. The van der Waals surface area contributed by atoms with Crippen LogP contribution in [0.4, 0.5) is 5.69 Å². The number of nitrogens with zero attached hydrogens (tertiary/aromatic N) is 1. The van der Waals surface area contributed by atoms with Crippen LogP contribution in [0.15, 0.2) is 70.9 Å². The van der Waals surface area contributed by atoms with Crippen molar-refractivity contribution in [1.82, 2.24) is 4.57 Å². The molecule has 1 N–H and O–H groups in total. The van der Waals surface area contributed by atoms with Gasteiger partial charge in [0.05, 0.1) is 16.1 Å². The van der Waals surface area contributed by atoms with Crippen LogP contribution in [0.25, 0.3) is 10.9 Å². The smallest absolute Gasteiger partial charge is 0.265 e. The minimum Gasteiger partial charge on any atom is -0.321 e. The number of aryl methyl sites for hydroxylation is 1. The zero-order valence-electron chi connectivity index (χ0n) is 17.0. The fourth-order valence-corrected chi connectivity index (χ4v) is 5.59. The second-order valence-electron chi connectivity index (χ2n) is 7.62. The maximum absolute atomic E-state index is 13.2. The zero-order valence-corrected chi connectivity index (χ0v) is 18.6. The first-order valence-corrected chi connectivity index (χ1v) is 12.3. The van der Waals surface area contributed by atoms with Gasteiger partial charge in [-0.3, -0.25) is 14.2 Å². The van der Waals surface area contributed by atoms with Gasteiger partial charge in [0, 0.05) is 21.7 Å². The number of amides is 1. The summed E-state index contributed by atoms with van der Waals surface area (Å²) < 4.78 is 1.95. The molecule has 4 aromatic rings. The van der Waals surface area contributed by atoms with Crippen molar-refractivity contribution in [3.63, 3.8) is 0 Å². The molecule has 1 amide bonds. The number of benzene rings is 2. The van der Waals surface area contributed by atoms with Crippen LogP contribution in [-0.2, 0) is 12.8 Å². The van der Waals surface area contributed by atoms with E-state index < -0.39 is 0 Å². The highest BCUT2D eigenvalue weighted by Gasteiger charge is 2.23. The Hall–Kier alpha value is -2.83. The zero-order chi connectivity index (χ0) is 21.2. The summed E-state index contributed by atoms with van der Waals surface area (Å²) in [7, 11) is 0. The Morgan fingerprint density at radius 1 is 0.968 bits per heavy atom. The third-order valence-corrected chi connectivity index (χ3v) is 7.51. The number of anilines is 1. The first-order chi connectivity index (χ1) is 15.2. The van der Waals surface area contributed by atoms with E-state index in [0.29, 0.717) is 10.6 Å². The fraction of sp³-hybridized carbons (Fsp3) is 0.200. The van der Waals surface area contributed by atoms with Gasteiger partial charge in [0.1, 0.15) is 0 Å². The van der Waals surface area contributed by atoms with Gasteiger partial charge in [-0.15, -0.1) is 23.1 Å². The SMILES string of the molecule is O=C(Nc1ccc(SCC(=O)n2c3c(c4ccccc42)CCCC3)cc1)c1cccs1. The van der Waals surface area contributed by atoms with Gasteiger partial charge in [-0.05, 0) is 73.0 Å². The lowest BCUT2D eigenvalue weighted by molar-refractivity contribution is 0.0942. The molecule has 156 valence electrons. The van der Waals surface area contributed by atoms with E-state index in [2.05, 4.69) is 23.5 Å². The average Bonchev–Trinajstić information content (AvgIpc) is 3.45. The van der Waals surface area contributed by atoms with Gasteiger partial charge in [-0.2, -0.15) is 0 Å². The fourth-order valence-electron chi connectivity index (χ4n) is 4.22. The molecule has 0 radical (unpaired) electrons. The Balaban J connectivity index is 1.29. The van der Waals surface area contributed by atoms with Crippen molar-refractivity contribution in [3.05, 3.63) is 82.2 Å². The van der Waals surface area contributed by atoms with Crippen LogP contribution < -0.4 is 5.32 Å². The standard InChI is InChI=1S/C25H22N2O2S2/c28-24(27-21-8-3-1-6-19(21)20-7-2-4-9-22(20)27)16-31-18-13-11-17(12-14-18)26-25(29)23-10-5-15-30-23/h1,3,5-6,8,10-15H,2,4,7,9,16H2,(H,26,29). The molecule has 1 aliphatic carbocycles. The molecule has 6 heteroatoms. The van der Waals surface area contributed by atoms with E-state index >= 15 is 0 Å². The lowest BCUT2D eigenvalue weighted by atomic mass is 9.96. The van der Waals surface area contributed by atoms with Gasteiger partial charge < -0.3 is 5.32 Å². The van der Waals surface area contributed by atoms with Crippen molar-refractivity contribution in [2.45, 2.75) is 30.6 Å². The molecule has 4 nitrogen and oxygen atoms in total. The van der Waals surface area contributed by atoms with Crippen molar-refractivity contribution < 1.29 is 9.59 Å². The molecule has 2 heterocycles. The molecular formula is C25H22N2O2S2. The van der Waals surface area contributed by atoms with E-state index in [4.69, 9.17) is 0 Å². The van der Waals surface area contributed by atoms with Gasteiger partial charge in [0.15, 0.2) is 0 Å². The number of rotatable bonds is 5. The third kappa shape index (κ3) is 4.05. The Labute approximate surface area is 189 Å². The van der Waals surface area contributed by atoms with Crippen LogP contribution in [0.5, 0.6) is 0 Å². The number of fused-ring (bicyclic) bond motifs is 3. The van der Waals surface area contributed by atoms with E-state index in [0.717, 1.165) is 35.4 Å². The first kappa shape index (κ1) is 20.1. The van der Waals surface area contributed by atoms with Crippen molar-refractivity contribution in [3.8, 4) is 0 Å². The van der Waals surface area contributed by atoms with Gasteiger partial charge in [-0.1, -0.05) is 24.3 Å². The number of hydrogen-bond donors (Lipinski definition) is 1. The van der Waals surface area contributed by atoms with Crippen LogP contribution in [0.2, 0.25) is 0 Å². The summed E-state index contributed by atoms with van der Waals surface area (Å²) in [5.74, 6) is 0.403. The number of aromatic nitrogens is 1. The molecule has 0 saturated carbocycles. The van der Waals surface area contributed by atoms with Crippen LogP contribution in [0, 0.1) is 0 Å². The number of thioether (sulfide) groups is 1. The van der Waals surface area contributed by atoms with Gasteiger partial charge in [0.2, 0.25) is 5.91 Å². The number of nitrogens with one attached hydrogen (secondary N) is 1. The van der Waals surface area contributed by atoms with Gasteiger partial charge in [0.25, 0.3) is 5.91 Å². The molecule has 0 saturated heterocycles. The Bertz CT molecular complexity index is 1240. The molecule has 0 aliphatic heterocycles. The van der Waals surface area contributed by atoms with E-state index in [-0.39, 0.29) is 11.8 Å². The highest BCUT2D eigenvalue weighted by atomic mass is 32.2. The Morgan fingerprint density at radius 2 is 1.77 bits per heavy atom. The van der Waals surface area contributed by atoms with Crippen LogP contribution >= 0.6 is 23.1 Å². The monoisotopic (exact) mass is 446 g/mol. The predicted octanol–water partition coefficient (Wildman–Crippen LogP) is 6.27. The van der Waals surface area contributed by atoms with Crippen molar-refractivity contribution >= 4 is 51.5 Å². The molecular weight excluding hydrogens is 424 g/mol. The number of thiophene rings is 1. The topological polar surface area (TPSA) is 51.1 Å². The summed E-state index contributed by atoms with van der Waals surface area (Å²) in [5.41, 5.74) is 4.34. The van der Waals surface area contributed by atoms with Crippen LogP contribution in [0.3, 0.4) is 0 Å². The number of carbonyl (C=O) groups excluding carboxylic acids is 2. The second-order valence-corrected chi connectivity index (χ2v) is 9.62. The largest absolute Gasteiger partial charge is 0.321 e. The summed E-state index contributed by atoms with van der Waals surface area (Å²) in [6, 6.07) is 19.6. The molecule has 0 bridgehead atoms. The normalized spacial score (nSPS) is 13.2. The molecule has 0 atom stereocenters. The molecule has 5 rings (SSSR count). The van der Waals surface area contributed by atoms with Crippen molar-refractivity contribution in [1.29, 1.82) is 0 Å². The maximum atomic E-state index is 13.2. The minimum absolute atomic E-state index is 0.102. The summed E-state index contributed by atoms with van der Waals surface area (Å²) in [4.78, 5) is 27.1. The number of hydrogen-bond acceptors (Lipinski definition) is 4. The second kappa shape index (κ2) is 8.73. The quantitative estimate of drug-likeness (QED) is 0.368. The lowest BCUT2D eigenvalue weighted by Gasteiger charge is -2.15. The van der Waals surface area contributed by atoms with E-state index in [1.165, 1.54) is 46.2 Å². The molecule has 2 aromatic heterocycles. The molecule has 0 unspecified atom stereocenters. The summed E-state index contributed by atoms with van der Waals surface area (Å²) in [6.45, 7) is 0. The van der Waals surface area contributed by atoms with Crippen molar-refractivity contribution in [2.75, 3.05) is 11.1 Å². The summed E-state index contributed by atoms with van der Waals surface area (Å²) >= 11 is 2.95. The van der Waals surface area contributed by atoms with Crippen LogP contribution in [-0.4, -0.2) is 22.1 Å². The maximum Gasteiger partial charge on any atom is 0.265 e. The molecule has 0 fully saturated rings. The average molecular weight is 447 g/mol. The van der Waals surface area contributed by atoms with E-state index in [9.17, 15) is 9.59 Å². The first-order valence-electron chi connectivity index (χ1n) is 10.4. The van der Waals surface area contributed by atoms with E-state index in [1.54, 1.807) is 6.07 Å². The molecule has 1 aliphatic rings. The van der Waals surface area contributed by atoms with Gasteiger partial charge in [-0.25, -0.2) is 0 Å². The number of para-hydroxylation sites is 1. The Kier molecular flexibility index (Phi) is 5.66. The predicted molar refractivity (Wildman–Crippen MR) is 129 cm³/mol. The van der Waals surface area contributed by atoms with Crippen molar-refractivity contribution in [2.24, 2.45) is 0 Å². The molecule has 0 spiro atoms. The summed E-state index contributed by atoms with van der Waals surface area (Å²) in [6.07, 6.45) is 4.36. The molecule has 2 aromatic carbocycles. The van der Waals surface area contributed by atoms with Gasteiger partial charge >= 0.3 is 0 Å². The number of carbonyl (C=O) groups is 2. The van der Waals surface area contributed by atoms with Crippen LogP contribution in [0.1, 0.15) is 38.6 Å². The summed E-state index contributed by atoms with van der Waals surface area (Å²) in [5, 5.41) is 6.01. The minimum atomic E-state index is -0.102. The highest BCUT2D eigenvalue weighted by molar-refractivity contribution is 8.00.